The largest absolute Gasteiger partial charge is 0.383 e. The van der Waals surface area contributed by atoms with Gasteiger partial charge in [-0.05, 0) is 43.2 Å². The second-order valence-electron chi connectivity index (χ2n) is 4.53. The normalized spacial score (nSPS) is 14.2. The SMILES string of the molecule is Cc1cnc(N)c(C(C)(O)c2cccc(Cl)c2)c1. The highest BCUT2D eigenvalue weighted by molar-refractivity contribution is 6.30. The molecule has 0 saturated carbocycles. The van der Waals surface area contributed by atoms with Crippen molar-refractivity contribution >= 4 is 17.4 Å². The zero-order valence-corrected chi connectivity index (χ0v) is 11.1. The van der Waals surface area contributed by atoms with Gasteiger partial charge in [0.25, 0.3) is 0 Å². The lowest BCUT2D eigenvalue weighted by Crippen LogP contribution is -2.25. The maximum absolute atomic E-state index is 10.7. The summed E-state index contributed by atoms with van der Waals surface area (Å²) in [5, 5.41) is 11.3. The molecule has 18 heavy (non-hydrogen) atoms. The van der Waals surface area contributed by atoms with Gasteiger partial charge in [-0.25, -0.2) is 4.98 Å². The molecule has 0 aliphatic carbocycles. The monoisotopic (exact) mass is 262 g/mol. The van der Waals surface area contributed by atoms with E-state index in [0.29, 0.717) is 22.0 Å². The standard InChI is InChI=1S/C14H15ClN2O/c1-9-6-12(13(16)17-8-9)14(2,18)10-4-3-5-11(15)7-10/h3-8,18H,1-2H3,(H2,16,17). The van der Waals surface area contributed by atoms with Crippen LogP contribution in [0.2, 0.25) is 5.02 Å². The van der Waals surface area contributed by atoms with Crippen molar-refractivity contribution in [3.8, 4) is 0 Å². The molecule has 3 N–H and O–H groups in total. The quantitative estimate of drug-likeness (QED) is 0.875. The van der Waals surface area contributed by atoms with E-state index in [9.17, 15) is 5.11 Å². The van der Waals surface area contributed by atoms with Gasteiger partial charge in [-0.3, -0.25) is 0 Å². The molecule has 2 aromatic rings. The van der Waals surface area contributed by atoms with E-state index in [2.05, 4.69) is 4.98 Å². The molecule has 0 aliphatic heterocycles. The Kier molecular flexibility index (Phi) is 3.28. The minimum atomic E-state index is -1.21. The van der Waals surface area contributed by atoms with Crippen LogP contribution in [0.25, 0.3) is 0 Å². The number of pyridine rings is 1. The summed E-state index contributed by atoms with van der Waals surface area (Å²) in [5.41, 5.74) is 6.86. The predicted molar refractivity (Wildman–Crippen MR) is 73.5 cm³/mol. The summed E-state index contributed by atoms with van der Waals surface area (Å²) < 4.78 is 0. The molecule has 1 aromatic carbocycles. The van der Waals surface area contributed by atoms with Crippen LogP contribution in [0.15, 0.2) is 36.5 Å². The van der Waals surface area contributed by atoms with E-state index in [1.807, 2.05) is 19.1 Å². The van der Waals surface area contributed by atoms with Crippen molar-refractivity contribution in [2.75, 3.05) is 5.73 Å². The van der Waals surface area contributed by atoms with Crippen molar-refractivity contribution < 1.29 is 5.11 Å². The second kappa shape index (κ2) is 4.59. The third kappa shape index (κ3) is 2.33. The van der Waals surface area contributed by atoms with E-state index in [1.54, 1.807) is 31.3 Å². The number of aliphatic hydroxyl groups is 1. The Bertz CT molecular complexity index is 582. The van der Waals surface area contributed by atoms with E-state index in [4.69, 9.17) is 17.3 Å². The van der Waals surface area contributed by atoms with Gasteiger partial charge in [0, 0.05) is 16.8 Å². The molecule has 1 aromatic heterocycles. The minimum Gasteiger partial charge on any atom is -0.383 e. The van der Waals surface area contributed by atoms with E-state index >= 15 is 0 Å². The molecule has 1 unspecified atom stereocenters. The number of benzene rings is 1. The molecule has 1 atom stereocenters. The number of halogens is 1. The van der Waals surface area contributed by atoms with Crippen molar-refractivity contribution in [1.29, 1.82) is 0 Å². The number of rotatable bonds is 2. The fraction of sp³-hybridized carbons (Fsp3) is 0.214. The molecule has 0 amide bonds. The first-order valence-corrected chi connectivity index (χ1v) is 6.00. The molecule has 2 rings (SSSR count). The van der Waals surface area contributed by atoms with Crippen LogP contribution in [0.3, 0.4) is 0 Å². The summed E-state index contributed by atoms with van der Waals surface area (Å²) in [7, 11) is 0. The second-order valence-corrected chi connectivity index (χ2v) is 4.96. The third-order valence-electron chi connectivity index (χ3n) is 2.97. The van der Waals surface area contributed by atoms with Crippen molar-refractivity contribution in [1.82, 2.24) is 4.98 Å². The Hall–Kier alpha value is -1.58. The van der Waals surface area contributed by atoms with Crippen LogP contribution in [0.5, 0.6) is 0 Å². The number of nitrogens with zero attached hydrogens (tertiary/aromatic N) is 1. The fourth-order valence-electron chi connectivity index (χ4n) is 1.92. The van der Waals surface area contributed by atoms with E-state index in [0.717, 1.165) is 5.56 Å². The van der Waals surface area contributed by atoms with Gasteiger partial charge in [-0.2, -0.15) is 0 Å². The molecular formula is C14H15ClN2O. The smallest absolute Gasteiger partial charge is 0.129 e. The maximum Gasteiger partial charge on any atom is 0.129 e. The average Bonchev–Trinajstić information content (AvgIpc) is 2.32. The van der Waals surface area contributed by atoms with E-state index < -0.39 is 5.60 Å². The number of anilines is 1. The Balaban J connectivity index is 2.57. The molecule has 1 heterocycles. The molecule has 0 saturated heterocycles. The van der Waals surface area contributed by atoms with Gasteiger partial charge in [-0.1, -0.05) is 23.7 Å². The molecule has 94 valence electrons. The van der Waals surface area contributed by atoms with E-state index in [1.165, 1.54) is 0 Å². The highest BCUT2D eigenvalue weighted by Crippen LogP contribution is 2.33. The van der Waals surface area contributed by atoms with Crippen LogP contribution in [-0.2, 0) is 5.60 Å². The fourth-order valence-corrected chi connectivity index (χ4v) is 2.11. The Morgan fingerprint density at radius 2 is 2.06 bits per heavy atom. The Morgan fingerprint density at radius 1 is 1.33 bits per heavy atom. The highest BCUT2D eigenvalue weighted by Gasteiger charge is 2.28. The number of aryl methyl sites for hydroxylation is 1. The van der Waals surface area contributed by atoms with Crippen LogP contribution in [0.1, 0.15) is 23.6 Å². The average molecular weight is 263 g/mol. The molecule has 0 radical (unpaired) electrons. The van der Waals surface area contributed by atoms with Gasteiger partial charge in [0.1, 0.15) is 11.4 Å². The third-order valence-corrected chi connectivity index (χ3v) is 3.20. The Morgan fingerprint density at radius 3 is 2.72 bits per heavy atom. The van der Waals surface area contributed by atoms with Gasteiger partial charge in [0.15, 0.2) is 0 Å². The topological polar surface area (TPSA) is 59.1 Å². The predicted octanol–water partition coefficient (Wildman–Crippen LogP) is 2.88. The van der Waals surface area contributed by atoms with Crippen molar-refractivity contribution in [2.45, 2.75) is 19.4 Å². The Labute approximate surface area is 111 Å². The highest BCUT2D eigenvalue weighted by atomic mass is 35.5. The number of aromatic nitrogens is 1. The van der Waals surface area contributed by atoms with Crippen molar-refractivity contribution in [2.24, 2.45) is 0 Å². The zero-order valence-electron chi connectivity index (χ0n) is 10.3. The lowest BCUT2D eigenvalue weighted by atomic mass is 9.88. The number of hydrogen-bond donors (Lipinski definition) is 2. The van der Waals surface area contributed by atoms with Crippen molar-refractivity contribution in [3.63, 3.8) is 0 Å². The molecule has 3 nitrogen and oxygen atoms in total. The summed E-state index contributed by atoms with van der Waals surface area (Å²) in [4.78, 5) is 4.08. The maximum atomic E-state index is 10.7. The van der Waals surface area contributed by atoms with Gasteiger partial charge < -0.3 is 10.8 Å². The summed E-state index contributed by atoms with van der Waals surface area (Å²) in [6.45, 7) is 3.59. The molecule has 4 heteroatoms. The summed E-state index contributed by atoms with van der Waals surface area (Å²) >= 11 is 5.95. The molecule has 0 spiro atoms. The van der Waals surface area contributed by atoms with Gasteiger partial charge >= 0.3 is 0 Å². The van der Waals surface area contributed by atoms with Crippen LogP contribution in [-0.4, -0.2) is 10.1 Å². The first-order chi connectivity index (χ1) is 8.41. The molecule has 0 fully saturated rings. The van der Waals surface area contributed by atoms with Crippen molar-refractivity contribution in [3.05, 3.63) is 58.2 Å². The summed E-state index contributed by atoms with van der Waals surface area (Å²) in [6, 6.07) is 8.94. The number of nitrogens with two attached hydrogens (primary N) is 1. The van der Waals surface area contributed by atoms with Crippen LogP contribution >= 0.6 is 11.6 Å². The van der Waals surface area contributed by atoms with Crippen LogP contribution < -0.4 is 5.73 Å². The van der Waals surface area contributed by atoms with E-state index in [-0.39, 0.29) is 0 Å². The summed E-state index contributed by atoms with van der Waals surface area (Å²) in [5.74, 6) is 0.325. The lowest BCUT2D eigenvalue weighted by Gasteiger charge is -2.26. The van der Waals surface area contributed by atoms with Gasteiger partial charge in [-0.15, -0.1) is 0 Å². The number of nitrogen functional groups attached to an aromatic ring is 1. The number of hydrogen-bond acceptors (Lipinski definition) is 3. The minimum absolute atomic E-state index is 0.325. The molecule has 0 bridgehead atoms. The van der Waals surface area contributed by atoms with Crippen LogP contribution in [0.4, 0.5) is 5.82 Å². The summed E-state index contributed by atoms with van der Waals surface area (Å²) in [6.07, 6.45) is 1.67. The first kappa shape index (κ1) is 12.9. The zero-order chi connectivity index (χ0) is 13.3. The van der Waals surface area contributed by atoms with Crippen LogP contribution in [0, 0.1) is 6.92 Å². The lowest BCUT2D eigenvalue weighted by molar-refractivity contribution is 0.103. The van der Waals surface area contributed by atoms with Gasteiger partial charge in [0.2, 0.25) is 0 Å². The van der Waals surface area contributed by atoms with Gasteiger partial charge in [0.05, 0.1) is 0 Å². The molecule has 0 aliphatic rings. The molecular weight excluding hydrogens is 248 g/mol. The first-order valence-electron chi connectivity index (χ1n) is 5.62.